The van der Waals surface area contributed by atoms with Gasteiger partial charge in [0.2, 0.25) is 0 Å². The molecule has 0 saturated heterocycles. The minimum absolute atomic E-state index is 0.0481. The molecule has 5 nitrogen and oxygen atoms in total. The maximum absolute atomic E-state index is 12.1. The monoisotopic (exact) mass is 329 g/mol. The number of hydrogen-bond acceptors (Lipinski definition) is 2. The fourth-order valence-electron chi connectivity index (χ4n) is 3.61. The third-order valence-electron chi connectivity index (χ3n) is 5.05. The first-order chi connectivity index (χ1) is 11.6. The Kier molecular flexibility index (Phi) is 5.41. The molecule has 0 aliphatic heterocycles. The molecular formula is C19H27N3O2. The predicted octanol–water partition coefficient (Wildman–Crippen LogP) is 2.90. The van der Waals surface area contributed by atoms with Crippen molar-refractivity contribution in [1.29, 1.82) is 0 Å². The van der Waals surface area contributed by atoms with Gasteiger partial charge in [-0.15, -0.1) is 0 Å². The van der Waals surface area contributed by atoms with E-state index in [1.807, 2.05) is 12.1 Å². The van der Waals surface area contributed by atoms with Gasteiger partial charge in [0.15, 0.2) is 0 Å². The van der Waals surface area contributed by atoms with Crippen LogP contribution in [0.3, 0.4) is 0 Å². The lowest BCUT2D eigenvalue weighted by atomic mass is 10.1. The molecule has 24 heavy (non-hydrogen) atoms. The maximum atomic E-state index is 12.1. The van der Waals surface area contributed by atoms with Crippen molar-refractivity contribution in [3.63, 3.8) is 0 Å². The highest BCUT2D eigenvalue weighted by atomic mass is 16.3. The maximum Gasteiger partial charge on any atom is 0.317 e. The molecule has 2 atom stereocenters. The second kappa shape index (κ2) is 7.71. The number of aryl methyl sites for hydroxylation is 1. The van der Waals surface area contributed by atoms with Crippen LogP contribution in [0.5, 0.6) is 0 Å². The topological polar surface area (TPSA) is 68.4 Å². The third kappa shape index (κ3) is 3.90. The molecule has 2 unspecified atom stereocenters. The summed E-state index contributed by atoms with van der Waals surface area (Å²) in [5, 5.41) is 14.1. The molecule has 1 aliphatic carbocycles. The van der Waals surface area contributed by atoms with Crippen LogP contribution in [0.2, 0.25) is 0 Å². The summed E-state index contributed by atoms with van der Waals surface area (Å²) in [5.41, 5.74) is 2.45. The van der Waals surface area contributed by atoms with Crippen molar-refractivity contribution in [2.24, 2.45) is 5.92 Å². The van der Waals surface area contributed by atoms with E-state index in [1.165, 1.54) is 10.9 Å². The van der Waals surface area contributed by atoms with Crippen LogP contribution >= 0.6 is 0 Å². The van der Waals surface area contributed by atoms with E-state index in [1.54, 1.807) is 11.9 Å². The average Bonchev–Trinajstić information content (AvgIpc) is 3.18. The third-order valence-corrected chi connectivity index (χ3v) is 5.05. The Bertz CT molecular complexity index is 682. The molecule has 1 aromatic carbocycles. The molecule has 5 heteroatoms. The quantitative estimate of drug-likeness (QED) is 0.713. The van der Waals surface area contributed by atoms with E-state index in [0.29, 0.717) is 13.1 Å². The number of aliphatic hydroxyl groups excluding tert-OH is 1. The number of aliphatic hydroxyl groups is 1. The minimum atomic E-state index is -0.248. The number of aromatic amines is 1. The molecule has 0 spiro atoms. The number of nitrogens with one attached hydrogen (secondary N) is 2. The lowest BCUT2D eigenvalue weighted by Gasteiger charge is -2.23. The van der Waals surface area contributed by atoms with Gasteiger partial charge in [0.25, 0.3) is 0 Å². The van der Waals surface area contributed by atoms with Gasteiger partial charge in [0.1, 0.15) is 0 Å². The fraction of sp³-hybridized carbons (Fsp3) is 0.526. The number of rotatable bonds is 6. The Labute approximate surface area is 143 Å². The van der Waals surface area contributed by atoms with Crippen LogP contribution in [0.4, 0.5) is 4.79 Å². The molecule has 130 valence electrons. The molecular weight excluding hydrogens is 302 g/mol. The molecule has 2 aromatic rings. The zero-order chi connectivity index (χ0) is 16.9. The molecule has 2 amide bonds. The summed E-state index contributed by atoms with van der Waals surface area (Å²) in [4.78, 5) is 17.1. The molecule has 0 radical (unpaired) electrons. The number of carbonyl (C=O) groups excluding carboxylic acids is 1. The van der Waals surface area contributed by atoms with Crippen molar-refractivity contribution in [1.82, 2.24) is 15.2 Å². The molecule has 1 fully saturated rings. The Balaban J connectivity index is 1.40. The van der Waals surface area contributed by atoms with Gasteiger partial charge in [-0.25, -0.2) is 4.79 Å². The Morgan fingerprint density at radius 3 is 3.00 bits per heavy atom. The largest absolute Gasteiger partial charge is 0.393 e. The van der Waals surface area contributed by atoms with Gasteiger partial charge in [0.05, 0.1) is 6.10 Å². The summed E-state index contributed by atoms with van der Waals surface area (Å²) in [6.45, 7) is 1.30. The fourth-order valence-corrected chi connectivity index (χ4v) is 3.61. The van der Waals surface area contributed by atoms with Gasteiger partial charge >= 0.3 is 6.03 Å². The van der Waals surface area contributed by atoms with Crippen LogP contribution in [-0.4, -0.2) is 47.3 Å². The molecule has 3 N–H and O–H groups in total. The molecule has 1 aromatic heterocycles. The van der Waals surface area contributed by atoms with Crippen LogP contribution in [0.1, 0.15) is 31.2 Å². The van der Waals surface area contributed by atoms with Crippen molar-refractivity contribution in [2.45, 2.75) is 38.2 Å². The van der Waals surface area contributed by atoms with Crippen LogP contribution in [-0.2, 0) is 6.42 Å². The number of aromatic nitrogens is 1. The smallest absolute Gasteiger partial charge is 0.317 e. The average molecular weight is 329 g/mol. The number of nitrogens with zero attached hydrogens (tertiary/aromatic N) is 1. The van der Waals surface area contributed by atoms with Crippen molar-refractivity contribution < 1.29 is 9.90 Å². The van der Waals surface area contributed by atoms with Crippen molar-refractivity contribution >= 4 is 16.9 Å². The first-order valence-corrected chi connectivity index (χ1v) is 8.87. The van der Waals surface area contributed by atoms with E-state index < -0.39 is 0 Å². The highest BCUT2D eigenvalue weighted by Gasteiger charge is 2.27. The van der Waals surface area contributed by atoms with Crippen LogP contribution in [0.15, 0.2) is 30.5 Å². The zero-order valence-electron chi connectivity index (χ0n) is 14.3. The first-order valence-electron chi connectivity index (χ1n) is 8.87. The normalized spacial score (nSPS) is 20.4. The van der Waals surface area contributed by atoms with Crippen LogP contribution in [0.25, 0.3) is 10.9 Å². The lowest BCUT2D eigenvalue weighted by molar-refractivity contribution is 0.114. The molecule has 1 aliphatic rings. The Morgan fingerprint density at radius 1 is 1.38 bits per heavy atom. The van der Waals surface area contributed by atoms with Crippen LogP contribution in [0, 0.1) is 5.92 Å². The number of fused-ring (bicyclic) bond motifs is 1. The van der Waals surface area contributed by atoms with E-state index in [9.17, 15) is 9.90 Å². The van der Waals surface area contributed by atoms with Gasteiger partial charge in [0, 0.05) is 43.2 Å². The summed E-state index contributed by atoms with van der Waals surface area (Å²) >= 11 is 0. The van der Waals surface area contributed by atoms with E-state index in [0.717, 1.165) is 37.6 Å². The van der Waals surface area contributed by atoms with Gasteiger partial charge < -0.3 is 20.3 Å². The van der Waals surface area contributed by atoms with E-state index in [4.69, 9.17) is 0 Å². The van der Waals surface area contributed by atoms with E-state index in [2.05, 4.69) is 28.6 Å². The SMILES string of the molecule is CN(CC1CCCC1O)C(=O)NCCCc1c[nH]c2ccccc12. The van der Waals surface area contributed by atoms with Gasteiger partial charge in [-0.2, -0.15) is 0 Å². The Morgan fingerprint density at radius 2 is 2.21 bits per heavy atom. The highest BCUT2D eigenvalue weighted by molar-refractivity contribution is 5.83. The number of para-hydroxylation sites is 1. The summed E-state index contributed by atoms with van der Waals surface area (Å²) in [6, 6.07) is 8.23. The second-order valence-corrected chi connectivity index (χ2v) is 6.83. The first kappa shape index (κ1) is 16.8. The van der Waals surface area contributed by atoms with E-state index in [-0.39, 0.29) is 18.1 Å². The molecule has 3 rings (SSSR count). The number of amides is 2. The van der Waals surface area contributed by atoms with Gasteiger partial charge in [-0.1, -0.05) is 24.6 Å². The number of carbonyl (C=O) groups is 1. The summed E-state index contributed by atoms with van der Waals surface area (Å²) in [7, 11) is 1.81. The Hall–Kier alpha value is -2.01. The highest BCUT2D eigenvalue weighted by Crippen LogP contribution is 2.26. The van der Waals surface area contributed by atoms with Crippen molar-refractivity contribution in [3.05, 3.63) is 36.0 Å². The lowest BCUT2D eigenvalue weighted by Crippen LogP contribution is -2.41. The van der Waals surface area contributed by atoms with E-state index >= 15 is 0 Å². The molecule has 1 saturated carbocycles. The van der Waals surface area contributed by atoms with Crippen molar-refractivity contribution in [3.8, 4) is 0 Å². The predicted molar refractivity (Wildman–Crippen MR) is 96.0 cm³/mol. The second-order valence-electron chi connectivity index (χ2n) is 6.83. The molecule has 1 heterocycles. The summed E-state index contributed by atoms with van der Waals surface area (Å²) < 4.78 is 0. The van der Waals surface area contributed by atoms with Gasteiger partial charge in [-0.3, -0.25) is 0 Å². The van der Waals surface area contributed by atoms with Crippen molar-refractivity contribution in [2.75, 3.05) is 20.1 Å². The summed E-state index contributed by atoms with van der Waals surface area (Å²) in [5.74, 6) is 0.229. The molecule has 0 bridgehead atoms. The van der Waals surface area contributed by atoms with Crippen LogP contribution < -0.4 is 5.32 Å². The van der Waals surface area contributed by atoms with Gasteiger partial charge in [-0.05, 0) is 37.3 Å². The minimum Gasteiger partial charge on any atom is -0.393 e. The standard InChI is InChI=1S/C19H27N3O2/c1-22(13-15-6-4-10-18(15)23)19(24)20-11-5-7-14-12-21-17-9-3-2-8-16(14)17/h2-3,8-9,12,15,18,21,23H,4-7,10-11,13H2,1H3,(H,20,24). The number of urea groups is 1. The number of hydrogen-bond donors (Lipinski definition) is 3. The number of benzene rings is 1. The number of H-pyrrole nitrogens is 1. The summed E-state index contributed by atoms with van der Waals surface area (Å²) in [6.07, 6.45) is 6.60. The zero-order valence-corrected chi connectivity index (χ0v) is 14.3.